The molecule has 2 aromatic rings. The first-order valence-corrected chi connectivity index (χ1v) is 7.61. The predicted molar refractivity (Wildman–Crippen MR) is 89.6 cm³/mol. The molecule has 0 heterocycles. The number of likely N-dealkylation sites (N-methyl/N-ethyl adjacent to an activating group) is 1. The van der Waals surface area contributed by atoms with Gasteiger partial charge >= 0.3 is 0 Å². The molecule has 0 aliphatic carbocycles. The van der Waals surface area contributed by atoms with E-state index in [0.717, 1.165) is 17.0 Å². The SMILES string of the molecule is CN(CC(=O)Nc1ccccc1Cl)C(=O)COc1ccc(F)cc1F. The van der Waals surface area contributed by atoms with Gasteiger partial charge in [0.2, 0.25) is 5.91 Å². The van der Waals surface area contributed by atoms with Gasteiger partial charge in [-0.3, -0.25) is 9.59 Å². The predicted octanol–water partition coefficient (Wildman–Crippen LogP) is 3.09. The van der Waals surface area contributed by atoms with Gasteiger partial charge in [-0.15, -0.1) is 0 Å². The number of hydrogen-bond acceptors (Lipinski definition) is 3. The molecule has 1 N–H and O–H groups in total. The van der Waals surface area contributed by atoms with Crippen LogP contribution in [-0.2, 0) is 9.59 Å². The Hall–Kier alpha value is -2.67. The Kier molecular flexibility index (Phi) is 6.30. The fraction of sp³-hybridized carbons (Fsp3) is 0.176. The highest BCUT2D eigenvalue weighted by Gasteiger charge is 2.15. The normalized spacial score (nSPS) is 10.2. The van der Waals surface area contributed by atoms with Crippen molar-refractivity contribution < 1.29 is 23.1 Å². The van der Waals surface area contributed by atoms with Crippen LogP contribution in [0.15, 0.2) is 42.5 Å². The lowest BCUT2D eigenvalue weighted by Crippen LogP contribution is -2.37. The summed E-state index contributed by atoms with van der Waals surface area (Å²) < 4.78 is 31.2. The molecule has 0 fully saturated rings. The lowest BCUT2D eigenvalue weighted by atomic mass is 10.3. The van der Waals surface area contributed by atoms with Crippen molar-refractivity contribution in [2.75, 3.05) is 25.5 Å². The number of nitrogens with zero attached hydrogens (tertiary/aromatic N) is 1. The summed E-state index contributed by atoms with van der Waals surface area (Å²) >= 11 is 5.93. The van der Waals surface area contributed by atoms with E-state index in [0.29, 0.717) is 16.8 Å². The summed E-state index contributed by atoms with van der Waals surface area (Å²) in [6.07, 6.45) is 0. The van der Waals surface area contributed by atoms with E-state index in [1.54, 1.807) is 24.3 Å². The van der Waals surface area contributed by atoms with Crippen molar-refractivity contribution in [3.8, 4) is 5.75 Å². The van der Waals surface area contributed by atoms with Crippen LogP contribution in [0.5, 0.6) is 5.75 Å². The Morgan fingerprint density at radius 1 is 1.20 bits per heavy atom. The fourth-order valence-electron chi connectivity index (χ4n) is 1.90. The Balaban J connectivity index is 1.85. The molecule has 0 saturated carbocycles. The standard InChI is InChI=1S/C17H15ClF2N2O3/c1-22(9-16(23)21-14-5-3-2-4-12(14)18)17(24)10-25-15-7-6-11(19)8-13(15)20/h2-8H,9-10H2,1H3,(H,21,23). The number of para-hydroxylation sites is 1. The van der Waals surface area contributed by atoms with E-state index in [1.165, 1.54) is 7.05 Å². The van der Waals surface area contributed by atoms with Crippen molar-refractivity contribution in [1.82, 2.24) is 4.90 Å². The zero-order valence-corrected chi connectivity index (χ0v) is 14.0. The Morgan fingerprint density at radius 3 is 2.60 bits per heavy atom. The van der Waals surface area contributed by atoms with Crippen LogP contribution in [-0.4, -0.2) is 36.9 Å². The summed E-state index contributed by atoms with van der Waals surface area (Å²) in [6, 6.07) is 9.44. The third kappa shape index (κ3) is 5.42. The van der Waals surface area contributed by atoms with Gasteiger partial charge in [-0.05, 0) is 24.3 Å². The zero-order chi connectivity index (χ0) is 18.4. The zero-order valence-electron chi connectivity index (χ0n) is 13.3. The van der Waals surface area contributed by atoms with Gasteiger partial charge in [-0.25, -0.2) is 8.78 Å². The molecular weight excluding hydrogens is 354 g/mol. The summed E-state index contributed by atoms with van der Waals surface area (Å²) in [5.41, 5.74) is 0.430. The molecule has 25 heavy (non-hydrogen) atoms. The molecule has 2 rings (SSSR count). The lowest BCUT2D eigenvalue weighted by molar-refractivity contribution is -0.135. The van der Waals surface area contributed by atoms with Crippen molar-refractivity contribution in [2.24, 2.45) is 0 Å². The molecule has 0 atom stereocenters. The van der Waals surface area contributed by atoms with E-state index < -0.39 is 30.1 Å². The Labute approximate surface area is 148 Å². The molecule has 0 aliphatic rings. The molecule has 0 saturated heterocycles. The molecular formula is C17H15ClF2N2O3. The summed E-state index contributed by atoms with van der Waals surface area (Å²) in [5.74, 6) is -2.89. The first-order valence-electron chi connectivity index (χ1n) is 7.23. The summed E-state index contributed by atoms with van der Waals surface area (Å²) in [7, 11) is 1.40. The summed E-state index contributed by atoms with van der Waals surface area (Å²) in [6.45, 7) is -0.724. The number of halogens is 3. The number of ether oxygens (including phenoxy) is 1. The van der Waals surface area contributed by atoms with E-state index in [4.69, 9.17) is 16.3 Å². The molecule has 0 spiro atoms. The van der Waals surface area contributed by atoms with E-state index in [-0.39, 0.29) is 12.3 Å². The van der Waals surface area contributed by atoms with Crippen LogP contribution in [0.2, 0.25) is 5.02 Å². The second-order valence-corrected chi connectivity index (χ2v) is 5.55. The van der Waals surface area contributed by atoms with Gasteiger partial charge in [0.25, 0.3) is 5.91 Å². The summed E-state index contributed by atoms with van der Waals surface area (Å²) in [5, 5.41) is 2.95. The summed E-state index contributed by atoms with van der Waals surface area (Å²) in [4.78, 5) is 25.0. The highest BCUT2D eigenvalue weighted by Crippen LogP contribution is 2.20. The number of amides is 2. The molecule has 2 amide bonds. The molecule has 8 heteroatoms. The van der Waals surface area contributed by atoms with Gasteiger partial charge in [-0.2, -0.15) is 0 Å². The van der Waals surface area contributed by atoms with Gasteiger partial charge in [0.1, 0.15) is 5.82 Å². The molecule has 5 nitrogen and oxygen atoms in total. The van der Waals surface area contributed by atoms with Crippen LogP contribution < -0.4 is 10.1 Å². The Morgan fingerprint density at radius 2 is 1.92 bits per heavy atom. The van der Waals surface area contributed by atoms with Crippen molar-refractivity contribution in [2.45, 2.75) is 0 Å². The van der Waals surface area contributed by atoms with Gasteiger partial charge in [0.15, 0.2) is 18.2 Å². The molecule has 0 bridgehead atoms. The first kappa shape index (κ1) is 18.7. The number of hydrogen-bond donors (Lipinski definition) is 1. The van der Waals surface area contributed by atoms with Gasteiger partial charge in [0, 0.05) is 13.1 Å². The van der Waals surface area contributed by atoms with Crippen molar-refractivity contribution in [3.63, 3.8) is 0 Å². The van der Waals surface area contributed by atoms with Crippen LogP contribution >= 0.6 is 11.6 Å². The molecule has 0 aliphatic heterocycles. The third-order valence-corrected chi connectivity index (χ3v) is 3.53. The molecule has 0 unspecified atom stereocenters. The van der Waals surface area contributed by atoms with Gasteiger partial charge < -0.3 is 15.0 Å². The average Bonchev–Trinajstić information content (AvgIpc) is 2.55. The minimum atomic E-state index is -0.910. The second-order valence-electron chi connectivity index (χ2n) is 5.14. The molecule has 0 aromatic heterocycles. The smallest absolute Gasteiger partial charge is 0.260 e. The van der Waals surface area contributed by atoms with Crippen LogP contribution in [0.4, 0.5) is 14.5 Å². The van der Waals surface area contributed by atoms with Gasteiger partial charge in [-0.1, -0.05) is 23.7 Å². The fourth-order valence-corrected chi connectivity index (χ4v) is 2.08. The number of rotatable bonds is 6. The minimum absolute atomic E-state index is 0.237. The second kappa shape index (κ2) is 8.43. The maximum atomic E-state index is 13.4. The van der Waals surface area contributed by atoms with E-state index >= 15 is 0 Å². The highest BCUT2D eigenvalue weighted by molar-refractivity contribution is 6.33. The van der Waals surface area contributed by atoms with E-state index in [2.05, 4.69) is 5.32 Å². The van der Waals surface area contributed by atoms with Crippen LogP contribution in [0.25, 0.3) is 0 Å². The number of benzene rings is 2. The van der Waals surface area contributed by atoms with Gasteiger partial charge in [0.05, 0.1) is 17.3 Å². The monoisotopic (exact) mass is 368 g/mol. The number of carbonyl (C=O) groups excluding carboxylic acids is 2. The maximum absolute atomic E-state index is 13.4. The molecule has 2 aromatic carbocycles. The quantitative estimate of drug-likeness (QED) is 0.852. The van der Waals surface area contributed by atoms with Crippen LogP contribution in [0, 0.1) is 11.6 Å². The molecule has 132 valence electrons. The largest absolute Gasteiger partial charge is 0.481 e. The molecule has 0 radical (unpaired) electrons. The number of anilines is 1. The minimum Gasteiger partial charge on any atom is -0.481 e. The van der Waals surface area contributed by atoms with Crippen LogP contribution in [0.3, 0.4) is 0 Å². The average molecular weight is 369 g/mol. The third-order valence-electron chi connectivity index (χ3n) is 3.20. The Bertz CT molecular complexity index is 786. The number of carbonyl (C=O) groups is 2. The lowest BCUT2D eigenvalue weighted by Gasteiger charge is -2.17. The topological polar surface area (TPSA) is 58.6 Å². The number of nitrogens with one attached hydrogen (secondary N) is 1. The van der Waals surface area contributed by atoms with E-state index in [1.807, 2.05) is 0 Å². The highest BCUT2D eigenvalue weighted by atomic mass is 35.5. The first-order chi connectivity index (χ1) is 11.9. The van der Waals surface area contributed by atoms with Crippen molar-refractivity contribution in [1.29, 1.82) is 0 Å². The van der Waals surface area contributed by atoms with Crippen molar-refractivity contribution >= 4 is 29.1 Å². The maximum Gasteiger partial charge on any atom is 0.260 e. The van der Waals surface area contributed by atoms with Crippen molar-refractivity contribution in [3.05, 3.63) is 59.1 Å². The van der Waals surface area contributed by atoms with E-state index in [9.17, 15) is 18.4 Å². The van der Waals surface area contributed by atoms with Crippen LogP contribution in [0.1, 0.15) is 0 Å².